The van der Waals surface area contributed by atoms with E-state index in [0.717, 1.165) is 38.0 Å². The zero-order chi connectivity index (χ0) is 23.8. The molecule has 0 aliphatic rings. The minimum absolute atomic E-state index is 0.0948. The van der Waals surface area contributed by atoms with Gasteiger partial charge in [-0.15, -0.1) is 0 Å². The third-order valence-corrected chi connectivity index (χ3v) is 5.74. The van der Waals surface area contributed by atoms with Crippen molar-refractivity contribution in [1.29, 1.82) is 0 Å². The average molecular weight is 459 g/mol. The Labute approximate surface area is 199 Å². The molecule has 8 nitrogen and oxygen atoms in total. The van der Waals surface area contributed by atoms with Crippen molar-refractivity contribution in [2.75, 3.05) is 5.32 Å². The van der Waals surface area contributed by atoms with Crippen molar-refractivity contribution in [2.24, 2.45) is 0 Å². The zero-order valence-electron chi connectivity index (χ0n) is 18.4. The predicted molar refractivity (Wildman–Crippen MR) is 131 cm³/mol. The highest BCUT2D eigenvalue weighted by molar-refractivity contribution is 6.03. The molecule has 0 atom stereocenters. The Hall–Kier alpha value is -5.11. The molecule has 6 rings (SSSR count). The molecule has 0 fully saturated rings. The number of nitrogens with one attached hydrogen (secondary N) is 1. The number of carbonyl (C=O) groups is 1. The number of anilines is 1. The first-order valence-corrected chi connectivity index (χ1v) is 11.0. The molecular weight excluding hydrogens is 440 g/mol. The van der Waals surface area contributed by atoms with Gasteiger partial charge in [0, 0.05) is 34.3 Å². The summed E-state index contributed by atoms with van der Waals surface area (Å²) in [7, 11) is 0. The normalized spacial score (nSPS) is 11.1. The molecule has 6 aromatic rings. The first kappa shape index (κ1) is 20.5. The van der Waals surface area contributed by atoms with Crippen LogP contribution in [0.3, 0.4) is 0 Å². The van der Waals surface area contributed by atoms with Crippen molar-refractivity contribution >= 4 is 28.1 Å². The fourth-order valence-electron chi connectivity index (χ4n) is 4.12. The van der Waals surface area contributed by atoms with E-state index in [0.29, 0.717) is 11.5 Å². The summed E-state index contributed by atoms with van der Waals surface area (Å²) in [6.45, 7) is 0. The minimum atomic E-state index is -0.484. The van der Waals surface area contributed by atoms with Crippen LogP contribution in [-0.2, 0) is 0 Å². The smallest absolute Gasteiger partial charge is 0.301 e. The van der Waals surface area contributed by atoms with Gasteiger partial charge in [0.1, 0.15) is 11.5 Å². The van der Waals surface area contributed by atoms with Gasteiger partial charge in [0.05, 0.1) is 11.1 Å². The maximum absolute atomic E-state index is 13.0. The number of amides is 1. The number of hydrogen-bond donors (Lipinski definition) is 2. The second kappa shape index (κ2) is 8.35. The van der Waals surface area contributed by atoms with E-state index in [1.54, 1.807) is 29.0 Å². The molecule has 35 heavy (non-hydrogen) atoms. The van der Waals surface area contributed by atoms with E-state index in [-0.39, 0.29) is 5.69 Å². The number of carbonyl (C=O) groups excluding carboxylic acids is 1. The van der Waals surface area contributed by atoms with E-state index in [1.807, 2.05) is 72.8 Å². The van der Waals surface area contributed by atoms with Gasteiger partial charge >= 0.3 is 11.6 Å². The third kappa shape index (κ3) is 3.72. The molecule has 0 bridgehead atoms. The second-order valence-electron chi connectivity index (χ2n) is 7.98. The summed E-state index contributed by atoms with van der Waals surface area (Å²) in [5.74, 6) is -0.145. The molecular formula is C27H19N6O2+. The lowest BCUT2D eigenvalue weighted by molar-refractivity contribution is -0.904. The van der Waals surface area contributed by atoms with Crippen LogP contribution < -0.4 is 10.0 Å². The topological polar surface area (TPSA) is 96.3 Å². The summed E-state index contributed by atoms with van der Waals surface area (Å²) in [6, 6.07) is 26.4. The Morgan fingerprint density at radius 3 is 2.51 bits per heavy atom. The molecule has 0 spiro atoms. The van der Waals surface area contributed by atoms with Gasteiger partial charge in [0.2, 0.25) is 6.20 Å². The zero-order valence-corrected chi connectivity index (χ0v) is 18.4. The van der Waals surface area contributed by atoms with Crippen molar-refractivity contribution in [1.82, 2.24) is 19.6 Å². The van der Waals surface area contributed by atoms with Crippen LogP contribution in [0.5, 0.6) is 0 Å². The van der Waals surface area contributed by atoms with E-state index in [2.05, 4.69) is 15.4 Å². The Kier molecular flexibility index (Phi) is 4.89. The summed E-state index contributed by atoms with van der Waals surface area (Å²) >= 11 is 0. The van der Waals surface area contributed by atoms with Crippen LogP contribution in [-0.4, -0.2) is 30.7 Å². The molecule has 0 aliphatic heterocycles. The predicted octanol–water partition coefficient (Wildman–Crippen LogP) is 4.39. The number of benzene rings is 2. The summed E-state index contributed by atoms with van der Waals surface area (Å²) in [5.41, 5.74) is 4.10. The number of rotatable bonds is 4. The highest BCUT2D eigenvalue weighted by atomic mass is 16.5. The lowest BCUT2D eigenvalue weighted by atomic mass is 10.1. The monoisotopic (exact) mass is 459 g/mol. The lowest BCUT2D eigenvalue weighted by Gasteiger charge is -2.08. The summed E-state index contributed by atoms with van der Waals surface area (Å²) < 4.78 is 2.59. The van der Waals surface area contributed by atoms with Gasteiger partial charge in [-0.2, -0.15) is 5.10 Å². The molecule has 0 aliphatic carbocycles. The molecule has 2 aromatic carbocycles. The van der Waals surface area contributed by atoms with Gasteiger partial charge in [0.15, 0.2) is 5.65 Å². The van der Waals surface area contributed by atoms with E-state index >= 15 is 0 Å². The van der Waals surface area contributed by atoms with Gasteiger partial charge in [-0.05, 0) is 35.7 Å². The lowest BCUT2D eigenvalue weighted by Crippen LogP contribution is -2.39. The Bertz CT molecular complexity index is 1710. The second-order valence-corrected chi connectivity index (χ2v) is 7.98. The molecule has 168 valence electrons. The van der Waals surface area contributed by atoms with Crippen LogP contribution in [0.1, 0.15) is 10.5 Å². The highest BCUT2D eigenvalue weighted by Gasteiger charge is 2.22. The average Bonchev–Trinajstić information content (AvgIpc) is 3.29. The van der Waals surface area contributed by atoms with Gasteiger partial charge in [-0.25, -0.2) is 14.5 Å². The molecule has 0 unspecified atom stereocenters. The summed E-state index contributed by atoms with van der Waals surface area (Å²) in [5, 5.41) is 19.3. The van der Waals surface area contributed by atoms with E-state index < -0.39 is 5.91 Å². The Morgan fingerprint density at radius 1 is 0.857 bits per heavy atom. The number of aromatic nitrogens is 5. The Balaban J connectivity index is 1.40. The minimum Gasteiger partial charge on any atom is -0.301 e. The van der Waals surface area contributed by atoms with E-state index in [9.17, 15) is 10.0 Å². The maximum Gasteiger partial charge on any atom is 0.326 e. The Morgan fingerprint density at radius 2 is 1.66 bits per heavy atom. The van der Waals surface area contributed by atoms with Crippen LogP contribution in [0, 0.1) is 0 Å². The molecule has 1 amide bonds. The van der Waals surface area contributed by atoms with Gasteiger partial charge in [0.25, 0.3) is 0 Å². The molecule has 0 saturated heterocycles. The quantitative estimate of drug-likeness (QED) is 0.301. The fourth-order valence-corrected chi connectivity index (χ4v) is 4.12. The first-order valence-electron chi connectivity index (χ1n) is 11.0. The summed E-state index contributed by atoms with van der Waals surface area (Å²) in [4.78, 5) is 22.1. The molecule has 4 aromatic heterocycles. The standard InChI is InChI=1S/C27H18N6O2/c34-27(22-15-19-9-4-5-10-21(19)17-32(22)35)30-23-16-20(12-14-28-23)26-25(18-7-2-1-3-8-18)31-24-11-6-13-29-33(24)26/h1-17H,(H-,28,30,34,35)/p+1. The van der Waals surface area contributed by atoms with Crippen molar-refractivity contribution < 1.29 is 14.7 Å². The van der Waals surface area contributed by atoms with Crippen molar-refractivity contribution in [3.63, 3.8) is 0 Å². The first-order chi connectivity index (χ1) is 17.2. The third-order valence-electron chi connectivity index (χ3n) is 5.74. The van der Waals surface area contributed by atoms with Crippen LogP contribution in [0.4, 0.5) is 5.82 Å². The molecule has 8 heteroatoms. The van der Waals surface area contributed by atoms with Crippen LogP contribution in [0.25, 0.3) is 38.9 Å². The molecule has 2 N–H and O–H groups in total. The fraction of sp³-hybridized carbons (Fsp3) is 0. The largest absolute Gasteiger partial charge is 0.326 e. The van der Waals surface area contributed by atoms with Crippen molar-refractivity contribution in [3.8, 4) is 22.5 Å². The van der Waals surface area contributed by atoms with Crippen molar-refractivity contribution in [2.45, 2.75) is 0 Å². The molecule has 4 heterocycles. The van der Waals surface area contributed by atoms with Crippen LogP contribution >= 0.6 is 0 Å². The number of hydrogen-bond acceptors (Lipinski definition) is 5. The number of nitrogens with zero attached hydrogens (tertiary/aromatic N) is 5. The number of pyridine rings is 2. The summed E-state index contributed by atoms with van der Waals surface area (Å²) in [6.07, 6.45) is 4.83. The molecule has 0 radical (unpaired) electrons. The van der Waals surface area contributed by atoms with Crippen molar-refractivity contribution in [3.05, 3.63) is 109 Å². The highest BCUT2D eigenvalue weighted by Crippen LogP contribution is 2.32. The molecule has 0 saturated carbocycles. The van der Waals surface area contributed by atoms with E-state index in [1.165, 1.54) is 6.20 Å². The van der Waals surface area contributed by atoms with Gasteiger partial charge in [-0.3, -0.25) is 10.0 Å². The number of fused-ring (bicyclic) bond motifs is 2. The van der Waals surface area contributed by atoms with Gasteiger partial charge in [-0.1, -0.05) is 48.5 Å². The van der Waals surface area contributed by atoms with E-state index in [4.69, 9.17) is 4.98 Å². The maximum atomic E-state index is 13.0. The van der Waals surface area contributed by atoms with Crippen LogP contribution in [0.2, 0.25) is 0 Å². The SMILES string of the molecule is O=C(Nc1cc(-c2c(-c3ccccc3)nc3cccnn23)ccn1)c1cc2ccccc2c[n+]1O. The number of imidazole rings is 1. The van der Waals surface area contributed by atoms with Crippen LogP contribution in [0.15, 0.2) is 104 Å². The van der Waals surface area contributed by atoms with Gasteiger partial charge < -0.3 is 5.32 Å².